The second-order valence-electron chi connectivity index (χ2n) is 7.57. The van der Waals surface area contributed by atoms with E-state index in [4.69, 9.17) is 10.00 Å². The van der Waals surface area contributed by atoms with Gasteiger partial charge in [-0.3, -0.25) is 14.5 Å². The van der Waals surface area contributed by atoms with E-state index in [1.165, 1.54) is 12.0 Å². The maximum atomic E-state index is 13.2. The summed E-state index contributed by atoms with van der Waals surface area (Å²) in [5.41, 5.74) is 2.76. The lowest BCUT2D eigenvalue weighted by molar-refractivity contribution is -0.132. The topological polar surface area (TPSA) is 90.6 Å². The van der Waals surface area contributed by atoms with Crippen molar-refractivity contribution in [3.8, 4) is 11.8 Å². The highest BCUT2D eigenvalue weighted by molar-refractivity contribution is 9.10. The molecule has 1 heterocycles. The fourth-order valence-corrected chi connectivity index (χ4v) is 4.12. The molecule has 0 aromatic heterocycles. The molecule has 1 N–H and O–H groups in total. The number of amides is 1. The maximum absolute atomic E-state index is 13.2. The van der Waals surface area contributed by atoms with Crippen molar-refractivity contribution in [1.82, 2.24) is 0 Å². The first kappa shape index (κ1) is 22.3. The van der Waals surface area contributed by atoms with Gasteiger partial charge in [-0.2, -0.15) is 5.26 Å². The molecule has 1 aliphatic rings. The van der Waals surface area contributed by atoms with Gasteiger partial charge in [0, 0.05) is 15.7 Å². The normalized spacial score (nSPS) is 17.2. The van der Waals surface area contributed by atoms with Gasteiger partial charge in [-0.15, -0.1) is 0 Å². The van der Waals surface area contributed by atoms with Crippen LogP contribution in [-0.4, -0.2) is 23.9 Å². The highest BCUT2D eigenvalue weighted by Gasteiger charge is 2.47. The highest BCUT2D eigenvalue weighted by atomic mass is 79.9. The van der Waals surface area contributed by atoms with E-state index in [9.17, 15) is 14.7 Å². The Labute approximate surface area is 199 Å². The number of ketones is 1. The molecule has 6 nitrogen and oxygen atoms in total. The number of aliphatic hydroxyl groups excluding tert-OH is 1. The minimum Gasteiger partial charge on any atom is -0.507 e. The third-order valence-corrected chi connectivity index (χ3v) is 6.45. The number of halogens is 1. The number of carbonyl (C=O) groups excluding carboxylic acids is 2. The van der Waals surface area contributed by atoms with Crippen LogP contribution in [0.15, 0.2) is 76.8 Å². The SMILES string of the molecule is COc1cccc(C2/C(=C(/O)c3ccc(Br)c(C)c3)C(=O)C(=O)N2c2ccc(C#N)cc2)c1. The van der Waals surface area contributed by atoms with Gasteiger partial charge >= 0.3 is 0 Å². The van der Waals surface area contributed by atoms with Gasteiger partial charge in [-0.1, -0.05) is 34.1 Å². The summed E-state index contributed by atoms with van der Waals surface area (Å²) in [6.07, 6.45) is 0. The maximum Gasteiger partial charge on any atom is 0.300 e. The second kappa shape index (κ2) is 8.93. The van der Waals surface area contributed by atoms with Crippen LogP contribution in [0.2, 0.25) is 0 Å². The van der Waals surface area contributed by atoms with Crippen molar-refractivity contribution < 1.29 is 19.4 Å². The molecule has 1 atom stereocenters. The van der Waals surface area contributed by atoms with E-state index in [1.807, 2.05) is 13.0 Å². The van der Waals surface area contributed by atoms with Crippen LogP contribution in [0.25, 0.3) is 5.76 Å². The first-order chi connectivity index (χ1) is 15.8. The van der Waals surface area contributed by atoms with Gasteiger partial charge in [0.25, 0.3) is 11.7 Å². The van der Waals surface area contributed by atoms with E-state index in [1.54, 1.807) is 66.7 Å². The molecule has 1 unspecified atom stereocenters. The first-order valence-corrected chi connectivity index (χ1v) is 10.9. The predicted octanol–water partition coefficient (Wildman–Crippen LogP) is 5.26. The monoisotopic (exact) mass is 502 g/mol. The number of methoxy groups -OCH3 is 1. The van der Waals surface area contributed by atoms with E-state index >= 15 is 0 Å². The average molecular weight is 503 g/mol. The van der Waals surface area contributed by atoms with Gasteiger partial charge in [0.1, 0.15) is 11.5 Å². The zero-order valence-corrected chi connectivity index (χ0v) is 19.5. The lowest BCUT2D eigenvalue weighted by Gasteiger charge is -2.25. The Hall–Kier alpha value is -3.89. The van der Waals surface area contributed by atoms with Crippen LogP contribution in [-0.2, 0) is 9.59 Å². The largest absolute Gasteiger partial charge is 0.507 e. The Kier molecular flexibility index (Phi) is 6.03. The standard InChI is InChI=1S/C26H19BrN2O4/c1-15-12-18(8-11-21(15)27)24(30)22-23(17-4-3-5-20(13-17)33-2)29(26(32)25(22)31)19-9-6-16(14-28)7-10-19/h3-13,23,30H,1-2H3/b24-22-. The number of carbonyl (C=O) groups is 2. The number of aryl methyl sites for hydroxylation is 1. The summed E-state index contributed by atoms with van der Waals surface area (Å²) < 4.78 is 6.20. The fraction of sp³-hybridized carbons (Fsp3) is 0.115. The highest BCUT2D eigenvalue weighted by Crippen LogP contribution is 2.43. The Morgan fingerprint density at radius 3 is 2.45 bits per heavy atom. The first-order valence-electron chi connectivity index (χ1n) is 10.1. The molecule has 3 aromatic rings. The second-order valence-corrected chi connectivity index (χ2v) is 8.42. The van der Waals surface area contributed by atoms with Crippen LogP contribution in [0.3, 0.4) is 0 Å². The van der Waals surface area contributed by atoms with E-state index in [0.29, 0.717) is 28.1 Å². The molecule has 0 aliphatic carbocycles. The number of ether oxygens (including phenoxy) is 1. The molecule has 1 amide bonds. The van der Waals surface area contributed by atoms with E-state index in [-0.39, 0.29) is 11.3 Å². The van der Waals surface area contributed by atoms with Crippen LogP contribution >= 0.6 is 15.9 Å². The zero-order valence-electron chi connectivity index (χ0n) is 17.9. The molecular weight excluding hydrogens is 484 g/mol. The van der Waals surface area contributed by atoms with Crippen LogP contribution < -0.4 is 9.64 Å². The molecule has 0 spiro atoms. The molecule has 0 bridgehead atoms. The Balaban J connectivity index is 1.95. The van der Waals surface area contributed by atoms with Crippen molar-refractivity contribution in [3.63, 3.8) is 0 Å². The number of nitriles is 1. The molecule has 1 saturated heterocycles. The Bertz CT molecular complexity index is 1340. The minimum atomic E-state index is -0.878. The average Bonchev–Trinajstić information content (AvgIpc) is 3.11. The molecule has 0 saturated carbocycles. The van der Waals surface area contributed by atoms with Crippen molar-refractivity contribution >= 4 is 39.1 Å². The van der Waals surface area contributed by atoms with Gasteiger partial charge in [0.05, 0.1) is 30.4 Å². The summed E-state index contributed by atoms with van der Waals surface area (Å²) in [5, 5.41) is 20.3. The van der Waals surface area contributed by atoms with Crippen molar-refractivity contribution in [2.45, 2.75) is 13.0 Å². The molecule has 33 heavy (non-hydrogen) atoms. The van der Waals surface area contributed by atoms with Crippen molar-refractivity contribution in [2.24, 2.45) is 0 Å². The summed E-state index contributed by atoms with van der Waals surface area (Å²) in [7, 11) is 1.53. The number of nitrogens with zero attached hydrogens (tertiary/aromatic N) is 2. The summed E-state index contributed by atoms with van der Waals surface area (Å²) in [6, 6.07) is 19.8. The van der Waals surface area contributed by atoms with Crippen LogP contribution in [0.4, 0.5) is 5.69 Å². The van der Waals surface area contributed by atoms with Crippen molar-refractivity contribution in [2.75, 3.05) is 12.0 Å². The number of hydrogen-bond acceptors (Lipinski definition) is 5. The lowest BCUT2D eigenvalue weighted by Crippen LogP contribution is -2.29. The van der Waals surface area contributed by atoms with Crippen LogP contribution in [0.5, 0.6) is 5.75 Å². The van der Waals surface area contributed by atoms with Crippen molar-refractivity contribution in [3.05, 3.63) is 99.0 Å². The molecule has 0 radical (unpaired) electrons. The van der Waals surface area contributed by atoms with Crippen LogP contribution in [0.1, 0.15) is 28.3 Å². The van der Waals surface area contributed by atoms with Gasteiger partial charge in [-0.25, -0.2) is 0 Å². The summed E-state index contributed by atoms with van der Waals surface area (Å²) in [6.45, 7) is 1.87. The zero-order chi connectivity index (χ0) is 23.7. The Morgan fingerprint density at radius 1 is 1.09 bits per heavy atom. The van der Waals surface area contributed by atoms with E-state index in [0.717, 1.165) is 10.0 Å². The molecule has 3 aromatic carbocycles. The lowest BCUT2D eigenvalue weighted by atomic mass is 9.94. The number of aliphatic hydroxyl groups is 1. The fourth-order valence-electron chi connectivity index (χ4n) is 3.87. The number of Topliss-reactive ketones (excluding diaryl/α,β-unsaturated/α-hetero) is 1. The minimum absolute atomic E-state index is 0.0145. The van der Waals surface area contributed by atoms with Gasteiger partial charge in [0.2, 0.25) is 0 Å². The Morgan fingerprint density at radius 2 is 1.82 bits per heavy atom. The summed E-state index contributed by atoms with van der Waals surface area (Å²) in [4.78, 5) is 27.8. The van der Waals surface area contributed by atoms with E-state index in [2.05, 4.69) is 15.9 Å². The molecule has 4 rings (SSSR count). The number of benzene rings is 3. The smallest absolute Gasteiger partial charge is 0.300 e. The number of anilines is 1. The van der Waals surface area contributed by atoms with Gasteiger partial charge in [0.15, 0.2) is 0 Å². The summed E-state index contributed by atoms with van der Waals surface area (Å²) in [5.74, 6) is -1.25. The number of hydrogen-bond donors (Lipinski definition) is 1. The summed E-state index contributed by atoms with van der Waals surface area (Å²) >= 11 is 3.44. The van der Waals surface area contributed by atoms with Gasteiger partial charge < -0.3 is 9.84 Å². The molecule has 1 aliphatic heterocycles. The molecule has 164 valence electrons. The third kappa shape index (κ3) is 4.01. The van der Waals surface area contributed by atoms with Crippen molar-refractivity contribution in [1.29, 1.82) is 5.26 Å². The molecule has 1 fully saturated rings. The molecule has 7 heteroatoms. The van der Waals surface area contributed by atoms with E-state index < -0.39 is 17.7 Å². The van der Waals surface area contributed by atoms with Crippen LogP contribution in [0, 0.1) is 18.3 Å². The third-order valence-electron chi connectivity index (χ3n) is 5.56. The predicted molar refractivity (Wildman–Crippen MR) is 128 cm³/mol. The number of rotatable bonds is 4. The molecular formula is C26H19BrN2O4. The quantitative estimate of drug-likeness (QED) is 0.298. The van der Waals surface area contributed by atoms with Gasteiger partial charge in [-0.05, 0) is 66.6 Å².